The van der Waals surface area contributed by atoms with Crippen molar-refractivity contribution in [2.45, 2.75) is 37.8 Å². The van der Waals surface area contributed by atoms with Crippen LogP contribution < -0.4 is 14.8 Å². The number of nitrogens with one attached hydrogen (secondary N) is 2. The summed E-state index contributed by atoms with van der Waals surface area (Å²) in [5.74, 6) is 0.201. The fourth-order valence-corrected chi connectivity index (χ4v) is 2.72. The summed E-state index contributed by atoms with van der Waals surface area (Å²) in [7, 11) is -2.23. The van der Waals surface area contributed by atoms with Crippen LogP contribution in [0.15, 0.2) is 29.2 Å². The quantitative estimate of drug-likeness (QED) is 0.817. The summed E-state index contributed by atoms with van der Waals surface area (Å²) >= 11 is 0. The molecular weight excluding hydrogens is 280 g/mol. The highest BCUT2D eigenvalue weighted by atomic mass is 32.2. The molecule has 0 aliphatic carbocycles. The zero-order chi connectivity index (χ0) is 15.3. The Morgan fingerprint density at radius 1 is 1.15 bits per heavy atom. The molecule has 0 spiro atoms. The molecule has 0 radical (unpaired) electrons. The van der Waals surface area contributed by atoms with E-state index in [9.17, 15) is 13.2 Å². The fourth-order valence-electron chi connectivity index (χ4n) is 1.52. The molecule has 20 heavy (non-hydrogen) atoms. The molecule has 1 atom stereocenters. The van der Waals surface area contributed by atoms with Crippen LogP contribution in [0.1, 0.15) is 20.8 Å². The van der Waals surface area contributed by atoms with Crippen LogP contribution in [0.5, 0.6) is 5.75 Å². The van der Waals surface area contributed by atoms with Crippen molar-refractivity contribution in [2.24, 2.45) is 0 Å². The van der Waals surface area contributed by atoms with Gasteiger partial charge in [0.2, 0.25) is 15.9 Å². The summed E-state index contributed by atoms with van der Waals surface area (Å²) in [5.41, 5.74) is 0. The van der Waals surface area contributed by atoms with Crippen LogP contribution in [0.3, 0.4) is 0 Å². The van der Waals surface area contributed by atoms with Crippen LogP contribution in [0.25, 0.3) is 0 Å². The van der Waals surface area contributed by atoms with Gasteiger partial charge in [-0.2, -0.15) is 4.72 Å². The van der Waals surface area contributed by atoms with Gasteiger partial charge < -0.3 is 10.1 Å². The standard InChI is InChI=1S/C13H20N2O4S/c1-9(2)14-13(16)10(3)15-20(17,18)12-7-5-11(19-4)6-8-12/h5-10,15H,1-4H3,(H,14,16)/t10-/m0/s1. The molecule has 1 amide bonds. The van der Waals surface area contributed by atoms with Crippen LogP contribution in [-0.4, -0.2) is 33.5 Å². The predicted molar refractivity (Wildman–Crippen MR) is 76.1 cm³/mol. The van der Waals surface area contributed by atoms with Gasteiger partial charge in [0.1, 0.15) is 5.75 Å². The molecule has 7 heteroatoms. The molecule has 1 rings (SSSR count). The minimum Gasteiger partial charge on any atom is -0.497 e. The predicted octanol–water partition coefficient (Wildman–Crippen LogP) is 0.887. The smallest absolute Gasteiger partial charge is 0.241 e. The van der Waals surface area contributed by atoms with Crippen molar-refractivity contribution < 1.29 is 17.9 Å². The molecule has 0 aliphatic rings. The molecule has 1 aromatic rings. The number of carbonyl (C=O) groups is 1. The SMILES string of the molecule is COc1ccc(S(=O)(=O)N[C@@H](C)C(=O)NC(C)C)cc1. The fraction of sp³-hybridized carbons (Fsp3) is 0.462. The third-order valence-corrected chi connectivity index (χ3v) is 4.08. The number of sulfonamides is 1. The second kappa shape index (κ2) is 6.71. The van der Waals surface area contributed by atoms with Gasteiger partial charge in [0.05, 0.1) is 18.0 Å². The van der Waals surface area contributed by atoms with Crippen molar-refractivity contribution in [3.63, 3.8) is 0 Å². The number of benzene rings is 1. The lowest BCUT2D eigenvalue weighted by Crippen LogP contribution is -2.46. The first kappa shape index (κ1) is 16.5. The largest absolute Gasteiger partial charge is 0.497 e. The van der Waals surface area contributed by atoms with Gasteiger partial charge in [-0.25, -0.2) is 8.42 Å². The van der Waals surface area contributed by atoms with E-state index in [0.717, 1.165) is 0 Å². The van der Waals surface area contributed by atoms with E-state index in [1.807, 2.05) is 13.8 Å². The lowest BCUT2D eigenvalue weighted by atomic mass is 10.3. The van der Waals surface area contributed by atoms with Crippen molar-refractivity contribution >= 4 is 15.9 Å². The van der Waals surface area contributed by atoms with Crippen LogP contribution in [0.2, 0.25) is 0 Å². The first-order valence-corrected chi connectivity index (χ1v) is 7.71. The average molecular weight is 300 g/mol. The topological polar surface area (TPSA) is 84.5 Å². The third kappa shape index (κ3) is 4.50. The van der Waals surface area contributed by atoms with Crippen LogP contribution in [0, 0.1) is 0 Å². The van der Waals surface area contributed by atoms with Crippen molar-refractivity contribution in [3.8, 4) is 5.75 Å². The van der Waals surface area contributed by atoms with E-state index in [4.69, 9.17) is 4.74 Å². The van der Waals surface area contributed by atoms with Gasteiger partial charge in [0.15, 0.2) is 0 Å². The Labute approximate surface area is 119 Å². The summed E-state index contributed by atoms with van der Waals surface area (Å²) in [6, 6.07) is 5.06. The minimum atomic E-state index is -3.73. The highest BCUT2D eigenvalue weighted by molar-refractivity contribution is 7.89. The Balaban J connectivity index is 2.80. The van der Waals surface area contributed by atoms with Gasteiger partial charge in [-0.1, -0.05) is 0 Å². The molecule has 0 fully saturated rings. The van der Waals surface area contributed by atoms with Gasteiger partial charge in [-0.15, -0.1) is 0 Å². The number of hydrogen-bond acceptors (Lipinski definition) is 4. The highest BCUT2D eigenvalue weighted by Gasteiger charge is 2.22. The molecule has 112 valence electrons. The molecule has 0 saturated carbocycles. The Morgan fingerprint density at radius 3 is 2.15 bits per heavy atom. The van der Waals surface area contributed by atoms with E-state index in [-0.39, 0.29) is 16.8 Å². The van der Waals surface area contributed by atoms with Gasteiger partial charge >= 0.3 is 0 Å². The number of rotatable bonds is 6. The first-order chi connectivity index (χ1) is 9.26. The van der Waals surface area contributed by atoms with Crippen LogP contribution in [-0.2, 0) is 14.8 Å². The summed E-state index contributed by atoms with van der Waals surface area (Å²) in [4.78, 5) is 11.8. The number of hydrogen-bond donors (Lipinski definition) is 2. The Morgan fingerprint density at radius 2 is 1.70 bits per heavy atom. The Kier molecular flexibility index (Phi) is 5.52. The van der Waals surface area contributed by atoms with E-state index in [2.05, 4.69) is 10.0 Å². The highest BCUT2D eigenvalue weighted by Crippen LogP contribution is 2.15. The summed E-state index contributed by atoms with van der Waals surface area (Å²) in [5, 5.41) is 2.65. The van der Waals surface area contributed by atoms with Crippen molar-refractivity contribution in [2.75, 3.05) is 7.11 Å². The van der Waals surface area contributed by atoms with E-state index >= 15 is 0 Å². The maximum Gasteiger partial charge on any atom is 0.241 e. The van der Waals surface area contributed by atoms with Crippen LogP contribution >= 0.6 is 0 Å². The summed E-state index contributed by atoms with van der Waals surface area (Å²) in [6.45, 7) is 5.12. The summed E-state index contributed by atoms with van der Waals surface area (Å²) < 4.78 is 31.5. The van der Waals surface area contributed by atoms with Gasteiger partial charge in [0.25, 0.3) is 0 Å². The maximum atomic E-state index is 12.1. The molecule has 0 aromatic heterocycles. The maximum absolute atomic E-state index is 12.1. The lowest BCUT2D eigenvalue weighted by Gasteiger charge is -2.16. The normalized spacial score (nSPS) is 13.1. The molecule has 0 bridgehead atoms. The molecule has 1 aromatic carbocycles. The molecule has 0 heterocycles. The average Bonchev–Trinajstić information content (AvgIpc) is 2.37. The van der Waals surface area contributed by atoms with Gasteiger partial charge in [0, 0.05) is 6.04 Å². The lowest BCUT2D eigenvalue weighted by molar-refractivity contribution is -0.122. The minimum absolute atomic E-state index is 0.0459. The van der Waals surface area contributed by atoms with Crippen LogP contribution in [0.4, 0.5) is 0 Å². The molecular formula is C13H20N2O4S. The first-order valence-electron chi connectivity index (χ1n) is 6.23. The molecule has 0 unspecified atom stereocenters. The number of ether oxygens (including phenoxy) is 1. The Bertz CT molecular complexity index is 552. The second-order valence-electron chi connectivity index (χ2n) is 4.68. The Hall–Kier alpha value is -1.60. The van der Waals surface area contributed by atoms with Crippen molar-refractivity contribution in [3.05, 3.63) is 24.3 Å². The van der Waals surface area contributed by atoms with E-state index in [1.165, 1.54) is 26.2 Å². The van der Waals surface area contributed by atoms with Crippen molar-refractivity contribution in [1.82, 2.24) is 10.0 Å². The van der Waals surface area contributed by atoms with Gasteiger partial charge in [-0.05, 0) is 45.0 Å². The van der Waals surface area contributed by atoms with E-state index in [1.54, 1.807) is 12.1 Å². The zero-order valence-electron chi connectivity index (χ0n) is 12.0. The van der Waals surface area contributed by atoms with Crippen molar-refractivity contribution in [1.29, 1.82) is 0 Å². The summed E-state index contributed by atoms with van der Waals surface area (Å²) in [6.07, 6.45) is 0. The molecule has 0 aliphatic heterocycles. The van der Waals surface area contributed by atoms with E-state index < -0.39 is 16.1 Å². The van der Waals surface area contributed by atoms with Gasteiger partial charge in [-0.3, -0.25) is 4.79 Å². The second-order valence-corrected chi connectivity index (χ2v) is 6.40. The van der Waals surface area contributed by atoms with E-state index in [0.29, 0.717) is 5.75 Å². The number of carbonyl (C=O) groups excluding carboxylic acids is 1. The number of amides is 1. The molecule has 0 saturated heterocycles. The third-order valence-electron chi connectivity index (χ3n) is 2.53. The zero-order valence-corrected chi connectivity index (χ0v) is 12.8. The molecule has 2 N–H and O–H groups in total. The number of methoxy groups -OCH3 is 1. The monoisotopic (exact) mass is 300 g/mol. The molecule has 6 nitrogen and oxygen atoms in total.